The maximum Gasteiger partial charge on any atom is 0.162 e. The Morgan fingerprint density at radius 1 is 1.10 bits per heavy atom. The first kappa shape index (κ1) is 11.9. The molecule has 0 spiro atoms. The van der Waals surface area contributed by atoms with Crippen molar-refractivity contribution in [3.8, 4) is 11.4 Å². The van der Waals surface area contributed by atoms with Gasteiger partial charge >= 0.3 is 0 Å². The van der Waals surface area contributed by atoms with Crippen LogP contribution in [-0.2, 0) is 12.8 Å². The van der Waals surface area contributed by atoms with Gasteiger partial charge in [0.15, 0.2) is 5.82 Å². The van der Waals surface area contributed by atoms with Crippen molar-refractivity contribution in [3.05, 3.63) is 41.1 Å². The molecule has 4 heteroatoms. The molecule has 1 fully saturated rings. The summed E-state index contributed by atoms with van der Waals surface area (Å²) in [5.74, 6) is 7.95. The maximum absolute atomic E-state index is 5.64. The molecule has 4 nitrogen and oxygen atoms in total. The summed E-state index contributed by atoms with van der Waals surface area (Å²) in [4.78, 5) is 9.45. The van der Waals surface area contributed by atoms with Gasteiger partial charge in [0, 0.05) is 16.8 Å². The number of fused-ring (bicyclic) bond motifs is 1. The number of rotatable bonds is 3. The average molecular weight is 266 g/mol. The van der Waals surface area contributed by atoms with Gasteiger partial charge in [-0.25, -0.2) is 15.8 Å². The van der Waals surface area contributed by atoms with E-state index in [0.29, 0.717) is 5.92 Å². The van der Waals surface area contributed by atoms with Crippen LogP contribution in [0.5, 0.6) is 0 Å². The van der Waals surface area contributed by atoms with E-state index in [1.165, 1.54) is 29.5 Å². The zero-order chi connectivity index (χ0) is 13.5. The van der Waals surface area contributed by atoms with Gasteiger partial charge in [0.25, 0.3) is 0 Å². The number of nitrogens with two attached hydrogens (primary N) is 1. The van der Waals surface area contributed by atoms with Crippen LogP contribution in [0.3, 0.4) is 0 Å². The quantitative estimate of drug-likeness (QED) is 0.662. The van der Waals surface area contributed by atoms with E-state index in [1.54, 1.807) is 0 Å². The van der Waals surface area contributed by atoms with E-state index >= 15 is 0 Å². The molecule has 0 amide bonds. The van der Waals surface area contributed by atoms with E-state index in [4.69, 9.17) is 10.8 Å². The Morgan fingerprint density at radius 3 is 2.75 bits per heavy atom. The topological polar surface area (TPSA) is 63.8 Å². The number of anilines is 1. The van der Waals surface area contributed by atoms with Crippen molar-refractivity contribution in [2.75, 3.05) is 5.43 Å². The van der Waals surface area contributed by atoms with E-state index in [1.807, 2.05) is 0 Å². The Bertz CT molecular complexity index is 662. The number of nitrogens with zero attached hydrogens (tertiary/aromatic N) is 2. The lowest BCUT2D eigenvalue weighted by molar-refractivity contribution is 0.899. The number of hydrazine groups is 1. The largest absolute Gasteiger partial charge is 0.308 e. The van der Waals surface area contributed by atoms with E-state index in [0.717, 1.165) is 36.6 Å². The van der Waals surface area contributed by atoms with Crippen LogP contribution in [0.4, 0.5) is 5.82 Å². The Morgan fingerprint density at radius 2 is 1.95 bits per heavy atom. The third kappa shape index (κ3) is 1.88. The number of nitrogens with one attached hydrogen (secondary N) is 1. The molecule has 1 saturated carbocycles. The van der Waals surface area contributed by atoms with E-state index in [9.17, 15) is 0 Å². The van der Waals surface area contributed by atoms with Gasteiger partial charge in [0.1, 0.15) is 5.82 Å². The van der Waals surface area contributed by atoms with Crippen molar-refractivity contribution in [3.63, 3.8) is 0 Å². The van der Waals surface area contributed by atoms with Crippen molar-refractivity contribution < 1.29 is 0 Å². The lowest BCUT2D eigenvalue weighted by Gasteiger charge is -2.12. The molecule has 4 rings (SSSR count). The lowest BCUT2D eigenvalue weighted by atomic mass is 10.0. The second kappa shape index (κ2) is 4.56. The van der Waals surface area contributed by atoms with Crippen molar-refractivity contribution >= 4 is 5.82 Å². The summed E-state index contributed by atoms with van der Waals surface area (Å²) >= 11 is 0. The smallest absolute Gasteiger partial charge is 0.162 e. The van der Waals surface area contributed by atoms with Gasteiger partial charge in [0.05, 0.1) is 0 Å². The highest BCUT2D eigenvalue weighted by Gasteiger charge is 2.27. The summed E-state index contributed by atoms with van der Waals surface area (Å²) in [6.45, 7) is 0. The van der Waals surface area contributed by atoms with Gasteiger partial charge in [-0.15, -0.1) is 0 Å². The zero-order valence-corrected chi connectivity index (χ0v) is 11.4. The molecular formula is C16H18N4. The summed E-state index contributed by atoms with van der Waals surface area (Å²) in [5, 5.41) is 0. The number of benzene rings is 1. The van der Waals surface area contributed by atoms with Crippen LogP contribution in [0.25, 0.3) is 11.4 Å². The van der Waals surface area contributed by atoms with Gasteiger partial charge in [-0.1, -0.05) is 24.3 Å². The van der Waals surface area contributed by atoms with Gasteiger partial charge in [-0.05, 0) is 43.6 Å². The minimum Gasteiger partial charge on any atom is -0.308 e. The molecule has 2 aliphatic rings. The second-order valence-corrected chi connectivity index (χ2v) is 5.68. The number of nitrogen functional groups attached to an aromatic ring is 1. The fraction of sp³-hybridized carbons (Fsp3) is 0.375. The van der Waals surface area contributed by atoms with Gasteiger partial charge in [-0.2, -0.15) is 0 Å². The Labute approximate surface area is 118 Å². The van der Waals surface area contributed by atoms with Gasteiger partial charge in [0.2, 0.25) is 0 Å². The minimum absolute atomic E-state index is 0.692. The molecule has 3 N–H and O–H groups in total. The molecule has 0 radical (unpaired) electrons. The summed E-state index contributed by atoms with van der Waals surface area (Å²) in [5.41, 5.74) is 7.66. The van der Waals surface area contributed by atoms with Crippen LogP contribution in [0, 0.1) is 0 Å². The molecule has 1 aromatic heterocycles. The number of hydrogen-bond donors (Lipinski definition) is 2. The fourth-order valence-corrected chi connectivity index (χ4v) is 3.12. The van der Waals surface area contributed by atoms with Crippen LogP contribution in [0.15, 0.2) is 24.3 Å². The Hall–Kier alpha value is -1.94. The standard InChI is InChI=1S/C16H18N4/c17-20-16-13-6-3-7-14(13)18-15(19-16)12-5-2-1-4-11(12)10-8-9-10/h1-2,4-5,10H,3,6-9,17H2,(H,18,19,20). The summed E-state index contributed by atoms with van der Waals surface area (Å²) in [6.07, 6.45) is 5.77. The zero-order valence-electron chi connectivity index (χ0n) is 11.4. The van der Waals surface area contributed by atoms with Crippen molar-refractivity contribution in [2.24, 2.45) is 5.84 Å². The van der Waals surface area contributed by atoms with Crippen LogP contribution in [0.1, 0.15) is 42.0 Å². The molecular weight excluding hydrogens is 248 g/mol. The van der Waals surface area contributed by atoms with Crippen molar-refractivity contribution in [2.45, 2.75) is 38.0 Å². The summed E-state index contributed by atoms with van der Waals surface area (Å²) in [7, 11) is 0. The molecule has 0 unspecified atom stereocenters. The molecule has 1 heterocycles. The highest BCUT2D eigenvalue weighted by atomic mass is 15.3. The SMILES string of the molecule is NNc1nc(-c2ccccc2C2CC2)nc2c1CCC2. The number of aromatic nitrogens is 2. The van der Waals surface area contributed by atoms with E-state index < -0.39 is 0 Å². The molecule has 2 aromatic rings. The molecule has 0 bridgehead atoms. The fourth-order valence-electron chi connectivity index (χ4n) is 3.12. The Balaban J connectivity index is 1.87. The van der Waals surface area contributed by atoms with Crippen molar-refractivity contribution in [1.82, 2.24) is 9.97 Å². The van der Waals surface area contributed by atoms with Crippen molar-refractivity contribution in [1.29, 1.82) is 0 Å². The van der Waals surface area contributed by atoms with Gasteiger partial charge in [-0.3, -0.25) is 0 Å². The first-order chi connectivity index (χ1) is 9.86. The van der Waals surface area contributed by atoms with E-state index in [2.05, 4.69) is 34.7 Å². The molecule has 0 atom stereocenters. The lowest BCUT2D eigenvalue weighted by Crippen LogP contribution is -2.13. The maximum atomic E-state index is 5.64. The third-order valence-electron chi connectivity index (χ3n) is 4.29. The average Bonchev–Trinajstić information content (AvgIpc) is 3.23. The predicted molar refractivity (Wildman–Crippen MR) is 79.3 cm³/mol. The Kier molecular flexibility index (Phi) is 2.70. The summed E-state index contributed by atoms with van der Waals surface area (Å²) in [6, 6.07) is 8.50. The third-order valence-corrected chi connectivity index (χ3v) is 4.29. The van der Waals surface area contributed by atoms with Gasteiger partial charge < -0.3 is 5.43 Å². The molecule has 1 aromatic carbocycles. The van der Waals surface area contributed by atoms with Crippen LogP contribution in [0.2, 0.25) is 0 Å². The first-order valence-electron chi connectivity index (χ1n) is 7.32. The van der Waals surface area contributed by atoms with Crippen LogP contribution >= 0.6 is 0 Å². The number of aryl methyl sites for hydroxylation is 1. The van der Waals surface area contributed by atoms with Crippen LogP contribution in [-0.4, -0.2) is 9.97 Å². The summed E-state index contributed by atoms with van der Waals surface area (Å²) < 4.78 is 0. The molecule has 0 saturated heterocycles. The van der Waals surface area contributed by atoms with E-state index in [-0.39, 0.29) is 0 Å². The monoisotopic (exact) mass is 266 g/mol. The highest BCUT2D eigenvalue weighted by molar-refractivity contribution is 5.65. The number of hydrogen-bond acceptors (Lipinski definition) is 4. The molecule has 0 aliphatic heterocycles. The molecule has 20 heavy (non-hydrogen) atoms. The second-order valence-electron chi connectivity index (χ2n) is 5.68. The first-order valence-corrected chi connectivity index (χ1v) is 7.32. The van der Waals surface area contributed by atoms with Crippen LogP contribution < -0.4 is 11.3 Å². The highest BCUT2D eigenvalue weighted by Crippen LogP contribution is 2.44. The molecule has 2 aliphatic carbocycles. The minimum atomic E-state index is 0.692. The normalized spacial score (nSPS) is 17.1. The predicted octanol–water partition coefficient (Wildman–Crippen LogP) is 2.80. The molecule has 102 valence electrons.